The molecule has 0 bridgehead atoms. The Bertz CT molecular complexity index is 960. The van der Waals surface area contributed by atoms with E-state index in [4.69, 9.17) is 4.52 Å². The van der Waals surface area contributed by atoms with Crippen molar-refractivity contribution in [2.24, 2.45) is 0 Å². The lowest BCUT2D eigenvalue weighted by molar-refractivity contribution is -0.116. The summed E-state index contributed by atoms with van der Waals surface area (Å²) in [5, 5.41) is 9.60. The maximum Gasteiger partial charge on any atom is 0.228 e. The number of benzene rings is 1. The van der Waals surface area contributed by atoms with Gasteiger partial charge in [0.1, 0.15) is 0 Å². The fourth-order valence-electron chi connectivity index (χ4n) is 2.50. The maximum atomic E-state index is 12.4. The Morgan fingerprint density at radius 1 is 1.19 bits per heavy atom. The van der Waals surface area contributed by atoms with Crippen molar-refractivity contribution in [3.8, 4) is 10.7 Å². The summed E-state index contributed by atoms with van der Waals surface area (Å²) in [6, 6.07) is 9.06. The number of hydrogen-bond donors (Lipinski definition) is 2. The molecule has 2 heterocycles. The summed E-state index contributed by atoms with van der Waals surface area (Å²) in [4.78, 5) is 29.6. The second-order valence-corrected chi connectivity index (χ2v) is 7.31. The Kier molecular flexibility index (Phi) is 5.66. The molecular weight excluding hydrogens is 364 g/mol. The number of anilines is 2. The predicted molar refractivity (Wildman–Crippen MR) is 105 cm³/mol. The molecule has 0 atom stereocenters. The first kappa shape index (κ1) is 18.8. The Morgan fingerprint density at radius 2 is 1.93 bits per heavy atom. The number of rotatable bonds is 6. The van der Waals surface area contributed by atoms with Gasteiger partial charge < -0.3 is 15.2 Å². The summed E-state index contributed by atoms with van der Waals surface area (Å²) in [5.74, 6) is 0.882. The summed E-state index contributed by atoms with van der Waals surface area (Å²) in [7, 11) is 0. The number of amides is 2. The van der Waals surface area contributed by atoms with Crippen molar-refractivity contribution in [2.75, 3.05) is 10.6 Å². The van der Waals surface area contributed by atoms with Crippen LogP contribution in [0.5, 0.6) is 0 Å². The van der Waals surface area contributed by atoms with Gasteiger partial charge in [0.2, 0.25) is 23.5 Å². The zero-order chi connectivity index (χ0) is 19.4. The molecule has 3 rings (SSSR count). The van der Waals surface area contributed by atoms with Gasteiger partial charge in [-0.05, 0) is 30.7 Å². The highest BCUT2D eigenvalue weighted by Crippen LogP contribution is 2.32. The minimum absolute atomic E-state index is 0.114. The third-order valence-electron chi connectivity index (χ3n) is 3.82. The molecule has 2 N–H and O–H groups in total. The van der Waals surface area contributed by atoms with Crippen LogP contribution in [0.25, 0.3) is 10.7 Å². The van der Waals surface area contributed by atoms with E-state index in [-0.39, 0.29) is 18.2 Å². The van der Waals surface area contributed by atoms with E-state index in [1.54, 1.807) is 12.1 Å². The van der Waals surface area contributed by atoms with E-state index < -0.39 is 0 Å². The minimum Gasteiger partial charge on any atom is -0.339 e. The molecule has 0 aliphatic rings. The van der Waals surface area contributed by atoms with Gasteiger partial charge >= 0.3 is 0 Å². The van der Waals surface area contributed by atoms with Crippen LogP contribution in [0, 0.1) is 6.92 Å². The van der Waals surface area contributed by atoms with Crippen molar-refractivity contribution >= 4 is 34.5 Å². The summed E-state index contributed by atoms with van der Waals surface area (Å²) in [6.45, 7) is 5.34. The number of hydrogen-bond acceptors (Lipinski definition) is 6. The van der Waals surface area contributed by atoms with Crippen LogP contribution in [0.15, 0.2) is 34.9 Å². The number of carbonyl (C=O) groups excluding carboxylic acids is 2. The van der Waals surface area contributed by atoms with E-state index in [0.29, 0.717) is 23.8 Å². The van der Waals surface area contributed by atoms with E-state index in [0.717, 1.165) is 21.0 Å². The van der Waals surface area contributed by atoms with E-state index in [9.17, 15) is 9.59 Å². The molecule has 2 aromatic heterocycles. The highest BCUT2D eigenvalue weighted by atomic mass is 32.1. The van der Waals surface area contributed by atoms with Crippen LogP contribution in [0.4, 0.5) is 11.4 Å². The van der Waals surface area contributed by atoms with Crippen LogP contribution in [0.1, 0.15) is 30.2 Å². The Labute approximate surface area is 160 Å². The molecule has 0 aliphatic heterocycles. The van der Waals surface area contributed by atoms with Gasteiger partial charge in [0.25, 0.3) is 0 Å². The van der Waals surface area contributed by atoms with Crippen LogP contribution in [-0.4, -0.2) is 22.0 Å². The van der Waals surface area contributed by atoms with Crippen LogP contribution in [0.2, 0.25) is 0 Å². The molecule has 1 aromatic carbocycles. The SMILES string of the molecule is CCc1nc(-c2cc(NC(=O)Cc3ccc(NC(C)=O)cc3)c(C)s2)no1. The van der Waals surface area contributed by atoms with Crippen LogP contribution in [0.3, 0.4) is 0 Å². The lowest BCUT2D eigenvalue weighted by atomic mass is 10.1. The molecule has 140 valence electrons. The van der Waals surface area contributed by atoms with Crippen molar-refractivity contribution < 1.29 is 14.1 Å². The quantitative estimate of drug-likeness (QED) is 0.673. The molecule has 8 heteroatoms. The molecule has 3 aromatic rings. The third-order valence-corrected chi connectivity index (χ3v) is 4.87. The number of thiophene rings is 1. The van der Waals surface area contributed by atoms with Gasteiger partial charge in [0.05, 0.1) is 17.0 Å². The van der Waals surface area contributed by atoms with E-state index >= 15 is 0 Å². The molecule has 0 spiro atoms. The Morgan fingerprint density at radius 3 is 2.56 bits per heavy atom. The van der Waals surface area contributed by atoms with Crippen LogP contribution in [-0.2, 0) is 22.4 Å². The Balaban J connectivity index is 1.64. The first-order valence-electron chi connectivity index (χ1n) is 8.54. The highest BCUT2D eigenvalue weighted by molar-refractivity contribution is 7.16. The number of nitrogens with one attached hydrogen (secondary N) is 2. The van der Waals surface area contributed by atoms with Gasteiger partial charge in [-0.25, -0.2) is 0 Å². The van der Waals surface area contributed by atoms with E-state index in [1.807, 2.05) is 32.0 Å². The first-order chi connectivity index (χ1) is 12.9. The third kappa shape index (κ3) is 4.79. The summed E-state index contributed by atoms with van der Waals surface area (Å²) in [6.07, 6.45) is 0.925. The maximum absolute atomic E-state index is 12.4. The van der Waals surface area contributed by atoms with Crippen molar-refractivity contribution in [3.63, 3.8) is 0 Å². The monoisotopic (exact) mass is 384 g/mol. The van der Waals surface area contributed by atoms with Gasteiger partial charge in [-0.2, -0.15) is 4.98 Å². The zero-order valence-electron chi connectivity index (χ0n) is 15.3. The van der Waals surface area contributed by atoms with E-state index in [2.05, 4.69) is 20.8 Å². The van der Waals surface area contributed by atoms with Crippen LogP contribution >= 0.6 is 11.3 Å². The van der Waals surface area contributed by atoms with Gasteiger partial charge in [0, 0.05) is 23.9 Å². The van der Waals surface area contributed by atoms with Crippen molar-refractivity contribution in [3.05, 3.63) is 46.7 Å². The van der Waals surface area contributed by atoms with Gasteiger partial charge in [-0.1, -0.05) is 24.2 Å². The van der Waals surface area contributed by atoms with Crippen molar-refractivity contribution in [1.82, 2.24) is 10.1 Å². The fraction of sp³-hybridized carbons (Fsp3) is 0.263. The largest absolute Gasteiger partial charge is 0.339 e. The number of nitrogens with zero attached hydrogens (tertiary/aromatic N) is 2. The fourth-order valence-corrected chi connectivity index (χ4v) is 3.40. The molecular formula is C19H20N4O3S. The number of aryl methyl sites for hydroxylation is 2. The molecule has 0 radical (unpaired) electrons. The number of carbonyl (C=O) groups is 2. The van der Waals surface area contributed by atoms with E-state index in [1.165, 1.54) is 18.3 Å². The normalized spacial score (nSPS) is 10.6. The molecule has 0 unspecified atom stereocenters. The highest BCUT2D eigenvalue weighted by Gasteiger charge is 2.14. The average molecular weight is 384 g/mol. The second-order valence-electron chi connectivity index (χ2n) is 6.05. The zero-order valence-corrected chi connectivity index (χ0v) is 16.1. The molecule has 0 saturated carbocycles. The predicted octanol–water partition coefficient (Wildman–Crippen LogP) is 3.81. The molecule has 27 heavy (non-hydrogen) atoms. The first-order valence-corrected chi connectivity index (χ1v) is 9.36. The molecule has 2 amide bonds. The molecule has 0 saturated heterocycles. The van der Waals surface area contributed by atoms with Crippen molar-refractivity contribution in [1.29, 1.82) is 0 Å². The van der Waals surface area contributed by atoms with Crippen molar-refractivity contribution in [2.45, 2.75) is 33.6 Å². The van der Waals surface area contributed by atoms with Gasteiger partial charge in [-0.15, -0.1) is 11.3 Å². The minimum atomic E-state index is -0.128. The number of aromatic nitrogens is 2. The topological polar surface area (TPSA) is 97.1 Å². The van der Waals surface area contributed by atoms with Crippen LogP contribution < -0.4 is 10.6 Å². The van der Waals surface area contributed by atoms with Gasteiger partial charge in [0.15, 0.2) is 0 Å². The molecule has 0 aliphatic carbocycles. The van der Waals surface area contributed by atoms with Gasteiger partial charge in [-0.3, -0.25) is 9.59 Å². The summed E-state index contributed by atoms with van der Waals surface area (Å²) in [5.41, 5.74) is 2.31. The lowest BCUT2D eigenvalue weighted by Crippen LogP contribution is -2.14. The summed E-state index contributed by atoms with van der Waals surface area (Å²) >= 11 is 1.51. The summed E-state index contributed by atoms with van der Waals surface area (Å²) < 4.78 is 5.14. The molecule has 7 nitrogen and oxygen atoms in total. The Hall–Kier alpha value is -3.00. The lowest BCUT2D eigenvalue weighted by Gasteiger charge is -2.06. The second kappa shape index (κ2) is 8.13. The molecule has 0 fully saturated rings. The standard InChI is InChI=1S/C19H20N4O3S/c1-4-18-22-19(23-26-18)16-10-15(11(2)27-16)21-17(25)9-13-5-7-14(8-6-13)20-12(3)24/h5-8,10H,4,9H2,1-3H3,(H,20,24)(H,21,25). The smallest absolute Gasteiger partial charge is 0.228 e. The average Bonchev–Trinajstić information content (AvgIpc) is 3.23.